The van der Waals surface area contributed by atoms with Gasteiger partial charge in [-0.1, -0.05) is 224 Å². The van der Waals surface area contributed by atoms with Gasteiger partial charge in [0.15, 0.2) is 17.5 Å². The van der Waals surface area contributed by atoms with Crippen molar-refractivity contribution in [3.63, 3.8) is 0 Å². The highest BCUT2D eigenvalue weighted by Gasteiger charge is 2.58. The summed E-state index contributed by atoms with van der Waals surface area (Å²) in [5.74, 6) is 4.68. The lowest BCUT2D eigenvalue weighted by atomic mass is 9.42. The zero-order valence-corrected chi connectivity index (χ0v) is 44.9. The average Bonchev–Trinajstić information content (AvgIpc) is 3.67. The molecule has 0 spiro atoms. The number of benzene rings is 11. The third-order valence-electron chi connectivity index (χ3n) is 18.2. The minimum absolute atomic E-state index is 0.124. The molecule has 4 nitrogen and oxygen atoms in total. The molecule has 5 heteroatoms. The second-order valence-electron chi connectivity index (χ2n) is 23.0. The molecule has 4 aliphatic carbocycles. The van der Waals surface area contributed by atoms with Crippen LogP contribution in [0.4, 0.5) is 0 Å². The number of hydrogen-bond acceptors (Lipinski definition) is 4. The number of fused-ring (bicyclic) bond motifs is 4. The highest BCUT2D eigenvalue weighted by Crippen LogP contribution is 2.65. The molecule has 16 rings (SSSR count). The van der Waals surface area contributed by atoms with Gasteiger partial charge in [-0.2, -0.15) is 0 Å². The molecule has 0 N–H and O–H groups in total. The topological polar surface area (TPSA) is 55.7 Å². The highest BCUT2D eigenvalue weighted by molar-refractivity contribution is 7.71. The van der Waals surface area contributed by atoms with Crippen LogP contribution in [0.5, 0.6) is 0 Å². The van der Waals surface area contributed by atoms with Crippen LogP contribution in [0.15, 0.2) is 231 Å². The van der Waals surface area contributed by atoms with Crippen LogP contribution in [0.1, 0.15) is 43.2 Å². The van der Waals surface area contributed by atoms with Gasteiger partial charge in [0.2, 0.25) is 0 Å². The summed E-state index contributed by atoms with van der Waals surface area (Å²) in [7, 11) is -2.61. The standard InChI is InChI=1S/C73H58N3OP/c1-78(2,77)69-64-30-15-13-28-62(64)67(63-29-14-16-31-65(63)69)50-32-36-54(37-33-50)73(56-41-46-40-47(43-56)44-57(73)42-46)55-38-34-51(35-39-55)70-74-71(53-23-17-22-52(45-53)48-18-5-3-6-19-48)76-72(75-70)68-60-26-11-9-24-58(60)66(49-20-7-4-8-21-49)59-25-10-12-27-61(59)68/h3-39,45-47,56-57H,40-44H2,1-2H3. The Bertz CT molecular complexity index is 4230. The third-order valence-corrected chi connectivity index (χ3v) is 19.8. The van der Waals surface area contributed by atoms with Crippen LogP contribution < -0.4 is 5.30 Å². The highest BCUT2D eigenvalue weighted by atomic mass is 31.2. The van der Waals surface area contributed by atoms with Gasteiger partial charge in [-0.05, 0) is 163 Å². The zero-order chi connectivity index (χ0) is 52.1. The van der Waals surface area contributed by atoms with Crippen molar-refractivity contribution in [2.45, 2.75) is 37.5 Å². The monoisotopic (exact) mass is 1020 g/mol. The molecule has 0 aliphatic heterocycles. The summed E-state index contributed by atoms with van der Waals surface area (Å²) in [6, 6.07) is 83.8. The first-order valence-corrected chi connectivity index (χ1v) is 30.5. The van der Waals surface area contributed by atoms with E-state index >= 15 is 0 Å². The molecule has 12 aromatic rings. The van der Waals surface area contributed by atoms with Gasteiger partial charge in [-0.25, -0.2) is 15.0 Å². The smallest absolute Gasteiger partial charge is 0.165 e. The lowest BCUT2D eigenvalue weighted by Gasteiger charge is -2.62. The van der Waals surface area contributed by atoms with Crippen molar-refractivity contribution in [3.8, 4) is 67.5 Å². The second kappa shape index (κ2) is 18.4. The van der Waals surface area contributed by atoms with Gasteiger partial charge in [-0.15, -0.1) is 0 Å². The van der Waals surface area contributed by atoms with Crippen LogP contribution in [-0.2, 0) is 9.98 Å². The van der Waals surface area contributed by atoms with Gasteiger partial charge >= 0.3 is 0 Å². The number of rotatable bonds is 9. The van der Waals surface area contributed by atoms with Gasteiger partial charge < -0.3 is 4.57 Å². The minimum atomic E-state index is -2.61. The summed E-state index contributed by atoms with van der Waals surface area (Å²) < 4.78 is 14.0. The summed E-state index contributed by atoms with van der Waals surface area (Å²) in [5.41, 5.74) is 12.7. The van der Waals surface area contributed by atoms with E-state index in [1.165, 1.54) is 65.5 Å². The SMILES string of the molecule is CP(C)(=O)c1c2ccccc2c(-c2ccc(C3(c4ccc(-c5nc(-c6cccc(-c7ccccc7)c6)nc(-c6c7ccccc7c(-c7ccccc7)c7ccccc67)n5)cc4)C4CC5CC(C4)CC3C5)cc2)c2ccccc12. The molecule has 376 valence electrons. The normalized spacial score (nSPS) is 19.8. The Balaban J connectivity index is 0.893. The number of hydrogen-bond donors (Lipinski definition) is 0. The van der Waals surface area contributed by atoms with Crippen molar-refractivity contribution in [2.24, 2.45) is 23.7 Å². The fraction of sp³-hybridized carbons (Fsp3) is 0.164. The summed E-state index contributed by atoms with van der Waals surface area (Å²) in [6.45, 7) is 3.82. The van der Waals surface area contributed by atoms with E-state index < -0.39 is 7.14 Å². The Labute approximate surface area is 456 Å². The predicted octanol–water partition coefficient (Wildman–Crippen LogP) is 18.5. The number of aromatic nitrogens is 3. The van der Waals surface area contributed by atoms with Crippen molar-refractivity contribution in [2.75, 3.05) is 13.3 Å². The Hall–Kier alpha value is -8.30. The molecule has 0 radical (unpaired) electrons. The third kappa shape index (κ3) is 7.55. The summed E-state index contributed by atoms with van der Waals surface area (Å²) in [6.07, 6.45) is 6.48. The molecule has 78 heavy (non-hydrogen) atoms. The lowest BCUT2D eigenvalue weighted by molar-refractivity contribution is -0.0418. The van der Waals surface area contributed by atoms with Crippen LogP contribution in [0, 0.1) is 23.7 Å². The first-order valence-electron chi connectivity index (χ1n) is 27.9. The molecule has 11 aromatic carbocycles. The molecule has 0 amide bonds. The first kappa shape index (κ1) is 47.0. The van der Waals surface area contributed by atoms with E-state index in [9.17, 15) is 4.57 Å². The molecule has 4 aliphatic rings. The molecule has 0 atom stereocenters. The molecule has 4 bridgehead atoms. The van der Waals surface area contributed by atoms with E-state index in [-0.39, 0.29) is 5.41 Å². The van der Waals surface area contributed by atoms with E-state index in [4.69, 9.17) is 15.0 Å². The van der Waals surface area contributed by atoms with Crippen LogP contribution in [-0.4, -0.2) is 28.3 Å². The van der Waals surface area contributed by atoms with Crippen LogP contribution in [0.3, 0.4) is 0 Å². The maximum Gasteiger partial charge on any atom is 0.165 e. The predicted molar refractivity (Wildman–Crippen MR) is 326 cm³/mol. The Morgan fingerprint density at radius 1 is 0.333 bits per heavy atom. The summed E-state index contributed by atoms with van der Waals surface area (Å²) in [5, 5.41) is 9.99. The maximum atomic E-state index is 14.0. The van der Waals surface area contributed by atoms with E-state index in [1.807, 2.05) is 13.3 Å². The lowest BCUT2D eigenvalue weighted by Crippen LogP contribution is -2.56. The van der Waals surface area contributed by atoms with E-state index in [0.29, 0.717) is 29.3 Å². The van der Waals surface area contributed by atoms with Crippen molar-refractivity contribution in [1.82, 2.24) is 15.0 Å². The van der Waals surface area contributed by atoms with Gasteiger partial charge in [-0.3, -0.25) is 0 Å². The van der Waals surface area contributed by atoms with E-state index in [2.05, 4.69) is 231 Å². The molecule has 1 heterocycles. The van der Waals surface area contributed by atoms with Crippen molar-refractivity contribution in [3.05, 3.63) is 242 Å². The maximum absolute atomic E-state index is 14.0. The van der Waals surface area contributed by atoms with Crippen molar-refractivity contribution < 1.29 is 4.57 Å². The van der Waals surface area contributed by atoms with Crippen molar-refractivity contribution in [1.29, 1.82) is 0 Å². The molecule has 0 saturated heterocycles. The molecule has 4 saturated carbocycles. The van der Waals surface area contributed by atoms with Crippen LogP contribution >= 0.6 is 7.14 Å². The molecule has 4 fully saturated rings. The molecular formula is C73H58N3OP. The summed E-state index contributed by atoms with van der Waals surface area (Å²) in [4.78, 5) is 16.4. The fourth-order valence-corrected chi connectivity index (χ4v) is 16.9. The van der Waals surface area contributed by atoms with Crippen molar-refractivity contribution >= 4 is 55.5 Å². The van der Waals surface area contributed by atoms with Gasteiger partial charge in [0.05, 0.1) is 0 Å². The molecular weight excluding hydrogens is 966 g/mol. The average molecular weight is 1020 g/mol. The quantitative estimate of drug-likeness (QED) is 0.107. The van der Waals surface area contributed by atoms with Gasteiger partial charge in [0.1, 0.15) is 7.14 Å². The zero-order valence-electron chi connectivity index (χ0n) is 44.0. The minimum Gasteiger partial charge on any atom is -0.319 e. The Morgan fingerprint density at radius 2 is 0.692 bits per heavy atom. The van der Waals surface area contributed by atoms with Gasteiger partial charge in [0, 0.05) is 27.4 Å². The Morgan fingerprint density at radius 3 is 1.18 bits per heavy atom. The fourth-order valence-electron chi connectivity index (χ4n) is 15.3. The molecule has 0 unspecified atom stereocenters. The Kier molecular flexibility index (Phi) is 11.1. The van der Waals surface area contributed by atoms with Gasteiger partial charge in [0.25, 0.3) is 0 Å². The largest absolute Gasteiger partial charge is 0.319 e. The van der Waals surface area contributed by atoms with E-state index in [1.54, 1.807) is 0 Å². The first-order chi connectivity index (χ1) is 38.3. The van der Waals surface area contributed by atoms with Crippen LogP contribution in [0.2, 0.25) is 0 Å². The second-order valence-corrected chi connectivity index (χ2v) is 26.1. The van der Waals surface area contributed by atoms with Crippen LogP contribution in [0.25, 0.3) is 111 Å². The molecule has 1 aromatic heterocycles. The number of nitrogens with zero attached hydrogens (tertiary/aromatic N) is 3. The summed E-state index contributed by atoms with van der Waals surface area (Å²) >= 11 is 0. The van der Waals surface area contributed by atoms with E-state index in [0.717, 1.165) is 88.0 Å².